The van der Waals surface area contributed by atoms with Gasteiger partial charge >= 0.3 is 0 Å². The van der Waals surface area contributed by atoms with Gasteiger partial charge in [-0.15, -0.1) is 0 Å². The minimum absolute atomic E-state index is 0.351. The van der Waals surface area contributed by atoms with Gasteiger partial charge in [0.05, 0.1) is 10.6 Å². The third kappa shape index (κ3) is 2.63. The van der Waals surface area contributed by atoms with Gasteiger partial charge in [0.2, 0.25) is 0 Å². The van der Waals surface area contributed by atoms with Crippen LogP contribution in [0.4, 0.5) is 5.69 Å². The van der Waals surface area contributed by atoms with E-state index in [0.717, 1.165) is 11.1 Å². The maximum absolute atomic E-state index is 12.6. The summed E-state index contributed by atoms with van der Waals surface area (Å²) in [4.78, 5) is 0.351. The van der Waals surface area contributed by atoms with Crippen molar-refractivity contribution in [1.29, 1.82) is 0 Å². The Labute approximate surface area is 114 Å². The smallest absolute Gasteiger partial charge is 0.264 e. The molecule has 0 unspecified atom stereocenters. The molecule has 2 rings (SSSR count). The molecule has 4 heteroatoms. The maximum atomic E-state index is 12.6. The SMILES string of the molecule is Cc1ccc(S(=O)(=O)N(C)c2ccccc2)c(C)c1. The maximum Gasteiger partial charge on any atom is 0.264 e. The van der Waals surface area contributed by atoms with Gasteiger partial charge in [-0.25, -0.2) is 8.42 Å². The molecule has 0 bridgehead atoms. The summed E-state index contributed by atoms with van der Waals surface area (Å²) < 4.78 is 26.5. The summed E-state index contributed by atoms with van der Waals surface area (Å²) in [5.74, 6) is 0. The van der Waals surface area contributed by atoms with Gasteiger partial charge in [-0.2, -0.15) is 0 Å². The first kappa shape index (κ1) is 13.6. The normalized spacial score (nSPS) is 11.3. The number of hydrogen-bond acceptors (Lipinski definition) is 2. The van der Waals surface area contributed by atoms with E-state index in [1.54, 1.807) is 25.2 Å². The fourth-order valence-corrected chi connectivity index (χ4v) is 3.41. The lowest BCUT2D eigenvalue weighted by Gasteiger charge is -2.20. The monoisotopic (exact) mass is 275 g/mol. The predicted molar refractivity (Wildman–Crippen MR) is 77.9 cm³/mol. The summed E-state index contributed by atoms with van der Waals surface area (Å²) in [7, 11) is -1.93. The minimum Gasteiger partial charge on any atom is -0.269 e. The third-order valence-corrected chi connectivity index (χ3v) is 5.03. The van der Waals surface area contributed by atoms with Gasteiger partial charge in [0, 0.05) is 7.05 Å². The summed E-state index contributed by atoms with van der Waals surface area (Å²) in [5.41, 5.74) is 2.48. The van der Waals surface area contributed by atoms with Gasteiger partial charge in [-0.3, -0.25) is 4.31 Å². The molecular formula is C15H17NO2S. The number of aryl methyl sites for hydroxylation is 2. The van der Waals surface area contributed by atoms with E-state index in [0.29, 0.717) is 10.6 Å². The van der Waals surface area contributed by atoms with E-state index in [1.807, 2.05) is 44.2 Å². The van der Waals surface area contributed by atoms with Crippen LogP contribution in [0.25, 0.3) is 0 Å². The third-order valence-electron chi connectivity index (χ3n) is 3.09. The van der Waals surface area contributed by atoms with Gasteiger partial charge in [-0.05, 0) is 37.6 Å². The second-order valence-electron chi connectivity index (χ2n) is 4.58. The van der Waals surface area contributed by atoms with Crippen molar-refractivity contribution in [1.82, 2.24) is 0 Å². The lowest BCUT2D eigenvalue weighted by atomic mass is 10.2. The van der Waals surface area contributed by atoms with Crippen molar-refractivity contribution in [3.05, 3.63) is 59.7 Å². The van der Waals surface area contributed by atoms with E-state index in [-0.39, 0.29) is 0 Å². The average molecular weight is 275 g/mol. The molecule has 0 saturated carbocycles. The minimum atomic E-state index is -3.51. The first-order valence-electron chi connectivity index (χ1n) is 6.04. The van der Waals surface area contributed by atoms with Gasteiger partial charge < -0.3 is 0 Å². The molecule has 0 fully saturated rings. The summed E-state index contributed by atoms with van der Waals surface area (Å²) >= 11 is 0. The van der Waals surface area contributed by atoms with Crippen LogP contribution in [0.15, 0.2) is 53.4 Å². The van der Waals surface area contributed by atoms with E-state index in [9.17, 15) is 8.42 Å². The van der Waals surface area contributed by atoms with Crippen molar-refractivity contribution in [3.63, 3.8) is 0 Å². The average Bonchev–Trinajstić information content (AvgIpc) is 2.38. The molecule has 0 aliphatic rings. The van der Waals surface area contributed by atoms with Crippen LogP contribution < -0.4 is 4.31 Å². The highest BCUT2D eigenvalue weighted by Gasteiger charge is 2.22. The molecule has 0 aliphatic heterocycles. The van der Waals surface area contributed by atoms with Crippen molar-refractivity contribution in [3.8, 4) is 0 Å². The lowest BCUT2D eigenvalue weighted by molar-refractivity contribution is 0.594. The van der Waals surface area contributed by atoms with Gasteiger partial charge in [-0.1, -0.05) is 35.9 Å². The van der Waals surface area contributed by atoms with Gasteiger partial charge in [0.1, 0.15) is 0 Å². The zero-order valence-electron chi connectivity index (χ0n) is 11.3. The van der Waals surface area contributed by atoms with E-state index < -0.39 is 10.0 Å². The molecular weight excluding hydrogens is 258 g/mol. The highest BCUT2D eigenvalue weighted by atomic mass is 32.2. The number of benzene rings is 2. The van der Waals surface area contributed by atoms with Crippen LogP contribution in [0.2, 0.25) is 0 Å². The zero-order valence-corrected chi connectivity index (χ0v) is 12.1. The molecule has 0 atom stereocenters. The van der Waals surface area contributed by atoms with Crippen LogP contribution in [0.1, 0.15) is 11.1 Å². The van der Waals surface area contributed by atoms with Gasteiger partial charge in [0.15, 0.2) is 0 Å². The summed E-state index contributed by atoms with van der Waals surface area (Å²) in [6.07, 6.45) is 0. The molecule has 19 heavy (non-hydrogen) atoms. The largest absolute Gasteiger partial charge is 0.269 e. The van der Waals surface area contributed by atoms with E-state index in [1.165, 1.54) is 4.31 Å². The number of anilines is 1. The van der Waals surface area contributed by atoms with Crippen LogP contribution in [-0.2, 0) is 10.0 Å². The number of rotatable bonds is 3. The van der Waals surface area contributed by atoms with Crippen molar-refractivity contribution >= 4 is 15.7 Å². The quantitative estimate of drug-likeness (QED) is 0.863. The van der Waals surface area contributed by atoms with Gasteiger partial charge in [0.25, 0.3) is 10.0 Å². The summed E-state index contributed by atoms with van der Waals surface area (Å²) in [5, 5.41) is 0. The van der Waals surface area contributed by atoms with Crippen molar-refractivity contribution in [2.45, 2.75) is 18.7 Å². The molecule has 100 valence electrons. The fourth-order valence-electron chi connectivity index (χ4n) is 2.01. The Kier molecular flexibility index (Phi) is 3.62. The number of sulfonamides is 1. The molecule has 0 aromatic heterocycles. The van der Waals surface area contributed by atoms with E-state index in [4.69, 9.17) is 0 Å². The summed E-state index contributed by atoms with van der Waals surface area (Å²) in [6, 6.07) is 14.4. The standard InChI is InChI=1S/C15H17NO2S/c1-12-9-10-15(13(2)11-12)19(17,18)16(3)14-7-5-4-6-8-14/h4-11H,1-3H3. The van der Waals surface area contributed by atoms with Crippen LogP contribution >= 0.6 is 0 Å². The Morgan fingerprint density at radius 2 is 1.58 bits per heavy atom. The topological polar surface area (TPSA) is 37.4 Å². The summed E-state index contributed by atoms with van der Waals surface area (Å²) in [6.45, 7) is 3.77. The Hall–Kier alpha value is -1.81. The van der Waals surface area contributed by atoms with Crippen molar-refractivity contribution in [2.75, 3.05) is 11.4 Å². The van der Waals surface area contributed by atoms with E-state index in [2.05, 4.69) is 0 Å². The highest BCUT2D eigenvalue weighted by Crippen LogP contribution is 2.24. The highest BCUT2D eigenvalue weighted by molar-refractivity contribution is 7.92. The number of hydrogen-bond donors (Lipinski definition) is 0. The van der Waals surface area contributed by atoms with Crippen LogP contribution in [0.3, 0.4) is 0 Å². The van der Waals surface area contributed by atoms with Crippen LogP contribution in [0, 0.1) is 13.8 Å². The Morgan fingerprint density at radius 3 is 2.16 bits per heavy atom. The predicted octanol–water partition coefficient (Wildman–Crippen LogP) is 3.13. The first-order valence-corrected chi connectivity index (χ1v) is 7.48. The lowest BCUT2D eigenvalue weighted by Crippen LogP contribution is -2.27. The Balaban J connectivity index is 2.48. The molecule has 3 nitrogen and oxygen atoms in total. The Bertz CT molecular complexity index is 679. The molecule has 0 heterocycles. The molecule has 2 aromatic carbocycles. The molecule has 0 radical (unpaired) electrons. The fraction of sp³-hybridized carbons (Fsp3) is 0.200. The molecule has 2 aromatic rings. The molecule has 0 amide bonds. The van der Waals surface area contributed by atoms with E-state index >= 15 is 0 Å². The molecule has 0 spiro atoms. The Morgan fingerprint density at radius 1 is 0.947 bits per heavy atom. The molecule has 0 aliphatic carbocycles. The second-order valence-corrected chi connectivity index (χ2v) is 6.51. The first-order chi connectivity index (χ1) is 8.93. The van der Waals surface area contributed by atoms with Crippen molar-refractivity contribution in [2.24, 2.45) is 0 Å². The molecule has 0 saturated heterocycles. The second kappa shape index (κ2) is 5.05. The molecule has 0 N–H and O–H groups in total. The van der Waals surface area contributed by atoms with Crippen LogP contribution in [-0.4, -0.2) is 15.5 Å². The number of para-hydroxylation sites is 1. The van der Waals surface area contributed by atoms with Crippen LogP contribution in [0.5, 0.6) is 0 Å². The van der Waals surface area contributed by atoms with Crippen molar-refractivity contribution < 1.29 is 8.42 Å². The zero-order chi connectivity index (χ0) is 14.0. The number of nitrogens with zero attached hydrogens (tertiary/aromatic N) is 1.